The lowest BCUT2D eigenvalue weighted by Crippen LogP contribution is -2.58. The number of rotatable bonds is 7. The van der Waals surface area contributed by atoms with E-state index in [-0.39, 0.29) is 37.8 Å². The molecule has 3 heterocycles. The van der Waals surface area contributed by atoms with Gasteiger partial charge in [-0.2, -0.15) is 0 Å². The summed E-state index contributed by atoms with van der Waals surface area (Å²) in [6.45, 7) is 2.47. The van der Waals surface area contributed by atoms with Crippen LogP contribution in [0.2, 0.25) is 0 Å². The summed E-state index contributed by atoms with van der Waals surface area (Å²) in [7, 11) is 1.33. The van der Waals surface area contributed by atoms with Crippen molar-refractivity contribution < 1.29 is 38.7 Å². The summed E-state index contributed by atoms with van der Waals surface area (Å²) in [6.07, 6.45) is 2.00. The van der Waals surface area contributed by atoms with Crippen LogP contribution in [0.1, 0.15) is 45.1 Å². The molecule has 1 aromatic carbocycles. The first kappa shape index (κ1) is 35.3. The number of aliphatic hydroxyl groups is 1. The summed E-state index contributed by atoms with van der Waals surface area (Å²) in [5.41, 5.74) is 0.734. The number of nitrogens with zero attached hydrogens (tertiary/aromatic N) is 3. The average molecular weight is 656 g/mol. The lowest BCUT2D eigenvalue weighted by atomic mass is 10.0. The highest BCUT2D eigenvalue weighted by Gasteiger charge is 2.44. The number of benzene rings is 1. The second kappa shape index (κ2) is 15.8. The second-order valence-electron chi connectivity index (χ2n) is 12.8. The molecule has 5 atom stereocenters. The molecule has 0 radical (unpaired) electrons. The van der Waals surface area contributed by atoms with Gasteiger partial charge in [0.1, 0.15) is 24.2 Å². The van der Waals surface area contributed by atoms with Gasteiger partial charge in [-0.1, -0.05) is 44.2 Å². The van der Waals surface area contributed by atoms with Crippen LogP contribution in [-0.4, -0.2) is 131 Å². The minimum Gasteiger partial charge on any atom is -0.394 e. The molecule has 0 aromatic heterocycles. The third-order valence-electron chi connectivity index (χ3n) is 8.72. The maximum absolute atomic E-state index is 14.3. The van der Waals surface area contributed by atoms with Crippen LogP contribution in [-0.2, 0) is 40.0 Å². The zero-order valence-electron chi connectivity index (χ0n) is 27.1. The molecule has 3 fully saturated rings. The fourth-order valence-electron chi connectivity index (χ4n) is 6.19. The molecule has 4 rings (SSSR count). The highest BCUT2D eigenvalue weighted by atomic mass is 16.3. The number of amides is 7. The van der Waals surface area contributed by atoms with E-state index < -0.39 is 78.8 Å². The number of aliphatic hydroxyl groups excluding tert-OH is 1. The number of fused-ring (bicyclic) bond motifs is 1. The smallest absolute Gasteiger partial charge is 0.247 e. The predicted molar refractivity (Wildman–Crippen MR) is 168 cm³/mol. The molecule has 5 N–H and O–H groups in total. The van der Waals surface area contributed by atoms with E-state index in [4.69, 9.17) is 0 Å². The molecular formula is C32H45N7O8. The van der Waals surface area contributed by atoms with Gasteiger partial charge in [-0.3, -0.25) is 33.6 Å². The summed E-state index contributed by atoms with van der Waals surface area (Å²) in [5, 5.41) is 20.8. The van der Waals surface area contributed by atoms with Crippen molar-refractivity contribution in [2.45, 2.75) is 76.2 Å². The minimum absolute atomic E-state index is 0.0138. The van der Waals surface area contributed by atoms with Gasteiger partial charge in [0.15, 0.2) is 0 Å². The Labute approximate surface area is 273 Å². The van der Waals surface area contributed by atoms with Crippen molar-refractivity contribution >= 4 is 41.4 Å². The standard InChI is InChI=1S/C32H45N7O8/c1-19(2)28-30(45)34-22(13-20-9-5-4-6-10-20)32(47)39-15-21(33-26(42)17-38-12-8-7-11-27(38)43)14-24(39)29(44)35-23(18-40)31(46)37(3)16-25(41)36-28/h4-6,9-10,19,21-24,28,40H,7-8,11-18H2,1-3H3,(H,33,42)(H,34,45)(H,35,44)(H,36,41)/t21-,22-,23-,24-,28+/m0/s1. The van der Waals surface area contributed by atoms with Crippen molar-refractivity contribution in [2.24, 2.45) is 5.92 Å². The van der Waals surface area contributed by atoms with E-state index in [0.717, 1.165) is 23.3 Å². The first-order chi connectivity index (χ1) is 22.4. The Morgan fingerprint density at radius 3 is 2.32 bits per heavy atom. The molecule has 0 saturated carbocycles. The third kappa shape index (κ3) is 9.05. The largest absolute Gasteiger partial charge is 0.394 e. The summed E-state index contributed by atoms with van der Waals surface area (Å²) in [5.74, 6) is -4.27. The summed E-state index contributed by atoms with van der Waals surface area (Å²) in [6, 6.07) is 3.52. The molecule has 15 nitrogen and oxygen atoms in total. The number of piperidine rings is 1. The van der Waals surface area contributed by atoms with Crippen LogP contribution in [0.5, 0.6) is 0 Å². The van der Waals surface area contributed by atoms with Gasteiger partial charge in [0.25, 0.3) is 0 Å². The first-order valence-electron chi connectivity index (χ1n) is 16.0. The SMILES string of the molecule is CC(C)[C@H]1NC(=O)CN(C)C(=O)[C@H](CO)NC(=O)[C@@H]2C[C@H](NC(=O)CN3CCCCC3=O)CN2C(=O)[C@H](Cc2ccccc2)NC1=O. The van der Waals surface area contributed by atoms with Crippen LogP contribution >= 0.6 is 0 Å². The second-order valence-corrected chi connectivity index (χ2v) is 12.8. The minimum atomic E-state index is -1.41. The van der Waals surface area contributed by atoms with Crippen LogP contribution in [0.15, 0.2) is 30.3 Å². The van der Waals surface area contributed by atoms with E-state index in [1.54, 1.807) is 38.1 Å². The van der Waals surface area contributed by atoms with Crippen molar-refractivity contribution in [3.8, 4) is 0 Å². The Morgan fingerprint density at radius 2 is 1.66 bits per heavy atom. The molecule has 1 aromatic rings. The maximum atomic E-state index is 14.3. The van der Waals surface area contributed by atoms with E-state index in [0.29, 0.717) is 13.0 Å². The van der Waals surface area contributed by atoms with Crippen LogP contribution in [0.4, 0.5) is 0 Å². The van der Waals surface area contributed by atoms with Crippen molar-refractivity contribution in [1.29, 1.82) is 0 Å². The monoisotopic (exact) mass is 655 g/mol. The van der Waals surface area contributed by atoms with Gasteiger partial charge in [-0.15, -0.1) is 0 Å². The fraction of sp³-hybridized carbons (Fsp3) is 0.594. The van der Waals surface area contributed by atoms with E-state index >= 15 is 0 Å². The lowest BCUT2D eigenvalue weighted by Gasteiger charge is -2.30. The lowest BCUT2D eigenvalue weighted by molar-refractivity contribution is -0.143. The molecule has 0 aliphatic carbocycles. The normalized spacial score (nSPS) is 26.7. The van der Waals surface area contributed by atoms with E-state index in [2.05, 4.69) is 21.3 Å². The van der Waals surface area contributed by atoms with Crippen molar-refractivity contribution in [3.05, 3.63) is 35.9 Å². The third-order valence-corrected chi connectivity index (χ3v) is 8.72. The average Bonchev–Trinajstić information content (AvgIpc) is 3.46. The quantitative estimate of drug-likeness (QED) is 0.220. The molecule has 15 heteroatoms. The number of likely N-dealkylation sites (N-methyl/N-ethyl adjacent to an activating group) is 1. The Hall–Kier alpha value is -4.53. The molecular weight excluding hydrogens is 610 g/mol. The number of carbonyl (C=O) groups excluding carboxylic acids is 7. The molecule has 47 heavy (non-hydrogen) atoms. The molecule has 3 aliphatic rings. The van der Waals surface area contributed by atoms with Crippen LogP contribution in [0.25, 0.3) is 0 Å². The van der Waals surface area contributed by atoms with Gasteiger partial charge in [-0.05, 0) is 30.7 Å². The van der Waals surface area contributed by atoms with Crippen LogP contribution < -0.4 is 21.3 Å². The number of hydrogen-bond donors (Lipinski definition) is 5. The van der Waals surface area contributed by atoms with Gasteiger partial charge in [-0.25, -0.2) is 0 Å². The molecule has 0 bridgehead atoms. The number of carbonyl (C=O) groups is 7. The Kier molecular flexibility index (Phi) is 11.9. The number of likely N-dealkylation sites (tertiary alicyclic amines) is 1. The van der Waals surface area contributed by atoms with Gasteiger partial charge >= 0.3 is 0 Å². The van der Waals surface area contributed by atoms with Gasteiger partial charge in [0.2, 0.25) is 41.4 Å². The van der Waals surface area contributed by atoms with E-state index in [1.807, 2.05) is 6.07 Å². The summed E-state index contributed by atoms with van der Waals surface area (Å²) in [4.78, 5) is 96.7. The Morgan fingerprint density at radius 1 is 0.957 bits per heavy atom. The van der Waals surface area contributed by atoms with Crippen molar-refractivity contribution in [2.75, 3.05) is 39.8 Å². The van der Waals surface area contributed by atoms with Crippen molar-refractivity contribution in [1.82, 2.24) is 36.0 Å². The number of nitrogens with one attached hydrogen (secondary N) is 4. The molecule has 3 aliphatic heterocycles. The molecule has 7 amide bonds. The highest BCUT2D eigenvalue weighted by molar-refractivity contribution is 5.97. The van der Waals surface area contributed by atoms with Gasteiger partial charge in [0.05, 0.1) is 19.7 Å². The zero-order valence-corrected chi connectivity index (χ0v) is 27.1. The van der Waals surface area contributed by atoms with E-state index in [1.165, 1.54) is 16.8 Å². The summed E-state index contributed by atoms with van der Waals surface area (Å²) < 4.78 is 0. The van der Waals surface area contributed by atoms with Crippen LogP contribution in [0.3, 0.4) is 0 Å². The first-order valence-corrected chi connectivity index (χ1v) is 16.0. The maximum Gasteiger partial charge on any atom is 0.247 e. The number of hydrogen-bond acceptors (Lipinski definition) is 8. The van der Waals surface area contributed by atoms with Crippen molar-refractivity contribution in [3.63, 3.8) is 0 Å². The Balaban J connectivity index is 1.66. The van der Waals surface area contributed by atoms with E-state index in [9.17, 15) is 38.7 Å². The Bertz CT molecular complexity index is 1360. The van der Waals surface area contributed by atoms with Crippen LogP contribution in [0, 0.1) is 5.92 Å². The predicted octanol–water partition coefficient (Wildman–Crippen LogP) is -2.10. The topological polar surface area (TPSA) is 198 Å². The molecule has 0 unspecified atom stereocenters. The summed E-state index contributed by atoms with van der Waals surface area (Å²) >= 11 is 0. The fourth-order valence-corrected chi connectivity index (χ4v) is 6.19. The zero-order chi connectivity index (χ0) is 34.2. The molecule has 0 spiro atoms. The highest BCUT2D eigenvalue weighted by Crippen LogP contribution is 2.22. The molecule has 256 valence electrons. The van der Waals surface area contributed by atoms with Gasteiger partial charge in [0, 0.05) is 39.0 Å². The molecule has 3 saturated heterocycles. The van der Waals surface area contributed by atoms with Gasteiger partial charge < -0.3 is 41.1 Å².